The monoisotopic (exact) mass is 331 g/mol. The topological polar surface area (TPSA) is 87.9 Å². The summed E-state index contributed by atoms with van der Waals surface area (Å²) >= 11 is 0. The van der Waals surface area contributed by atoms with E-state index in [0.717, 1.165) is 0 Å². The summed E-state index contributed by atoms with van der Waals surface area (Å²) < 4.78 is 15.7. The Balaban J connectivity index is 2.13. The quantitative estimate of drug-likeness (QED) is 0.439. The van der Waals surface area contributed by atoms with Gasteiger partial charge in [0, 0.05) is 6.07 Å². The molecule has 0 bridgehead atoms. The summed E-state index contributed by atoms with van der Waals surface area (Å²) in [6.07, 6.45) is 0. The second-order valence-electron chi connectivity index (χ2n) is 4.76. The van der Waals surface area contributed by atoms with Gasteiger partial charge in [-0.2, -0.15) is 0 Å². The number of nitro groups is 1. The zero-order valence-electron chi connectivity index (χ0n) is 13.4. The van der Waals surface area contributed by atoms with Crippen LogP contribution in [0.3, 0.4) is 0 Å². The molecule has 2 aromatic rings. The molecule has 0 aromatic heterocycles. The van der Waals surface area contributed by atoms with E-state index >= 15 is 0 Å². The molecule has 7 heteroatoms. The number of hydrogen-bond donors (Lipinski definition) is 0. The van der Waals surface area contributed by atoms with Crippen LogP contribution in [0.4, 0.5) is 5.69 Å². The Kier molecular flexibility index (Phi) is 5.73. The van der Waals surface area contributed by atoms with Crippen LogP contribution in [0.25, 0.3) is 0 Å². The molecule has 0 fully saturated rings. The van der Waals surface area contributed by atoms with Crippen LogP contribution in [-0.2, 0) is 11.3 Å². The molecule has 7 nitrogen and oxygen atoms in total. The van der Waals surface area contributed by atoms with E-state index < -0.39 is 10.9 Å². The Morgan fingerprint density at radius 3 is 2.58 bits per heavy atom. The van der Waals surface area contributed by atoms with Crippen molar-refractivity contribution >= 4 is 11.7 Å². The Labute approximate surface area is 138 Å². The molecule has 0 amide bonds. The highest BCUT2D eigenvalue weighted by Gasteiger charge is 2.16. The number of benzene rings is 2. The maximum atomic E-state index is 12.2. The number of para-hydroxylation sites is 1. The predicted octanol–water partition coefficient (Wildman–Crippen LogP) is 3.36. The van der Waals surface area contributed by atoms with Gasteiger partial charge in [-0.05, 0) is 31.2 Å². The van der Waals surface area contributed by atoms with Gasteiger partial charge in [0.2, 0.25) is 0 Å². The molecule has 0 aliphatic heterocycles. The summed E-state index contributed by atoms with van der Waals surface area (Å²) in [7, 11) is 1.50. The Morgan fingerprint density at radius 2 is 1.92 bits per heavy atom. The highest BCUT2D eigenvalue weighted by Crippen LogP contribution is 2.28. The molecule has 24 heavy (non-hydrogen) atoms. The van der Waals surface area contributed by atoms with Crippen LogP contribution >= 0.6 is 0 Å². The smallest absolute Gasteiger partial charge is 0.338 e. The lowest BCUT2D eigenvalue weighted by molar-refractivity contribution is -0.385. The summed E-state index contributed by atoms with van der Waals surface area (Å²) in [5.74, 6) is 0.337. The number of esters is 1. The lowest BCUT2D eigenvalue weighted by Crippen LogP contribution is -2.07. The van der Waals surface area contributed by atoms with Crippen LogP contribution < -0.4 is 9.47 Å². The van der Waals surface area contributed by atoms with Gasteiger partial charge >= 0.3 is 5.97 Å². The molecule has 0 saturated heterocycles. The predicted molar refractivity (Wildman–Crippen MR) is 86.4 cm³/mol. The van der Waals surface area contributed by atoms with Gasteiger partial charge < -0.3 is 14.2 Å². The molecule has 0 aliphatic rings. The molecule has 0 atom stereocenters. The van der Waals surface area contributed by atoms with E-state index in [1.54, 1.807) is 30.3 Å². The summed E-state index contributed by atoms with van der Waals surface area (Å²) in [5.41, 5.74) is 0.516. The highest BCUT2D eigenvalue weighted by atomic mass is 16.6. The fourth-order valence-corrected chi connectivity index (χ4v) is 2.11. The van der Waals surface area contributed by atoms with E-state index in [-0.39, 0.29) is 17.9 Å². The van der Waals surface area contributed by atoms with E-state index in [0.29, 0.717) is 23.7 Å². The number of hydrogen-bond acceptors (Lipinski definition) is 6. The molecular formula is C17H17NO6. The van der Waals surface area contributed by atoms with Crippen molar-refractivity contribution in [2.24, 2.45) is 0 Å². The lowest BCUT2D eigenvalue weighted by atomic mass is 10.2. The minimum Gasteiger partial charge on any atom is -0.493 e. The van der Waals surface area contributed by atoms with E-state index in [1.807, 2.05) is 6.92 Å². The molecular weight excluding hydrogens is 314 g/mol. The van der Waals surface area contributed by atoms with E-state index in [4.69, 9.17) is 14.2 Å². The average Bonchev–Trinajstić information content (AvgIpc) is 2.60. The molecule has 0 unspecified atom stereocenters. The van der Waals surface area contributed by atoms with Crippen molar-refractivity contribution in [2.75, 3.05) is 13.7 Å². The minimum atomic E-state index is -0.600. The second kappa shape index (κ2) is 7.96. The van der Waals surface area contributed by atoms with E-state index in [9.17, 15) is 14.9 Å². The number of nitro benzene ring substituents is 1. The van der Waals surface area contributed by atoms with Gasteiger partial charge in [-0.15, -0.1) is 0 Å². The van der Waals surface area contributed by atoms with Crippen molar-refractivity contribution in [1.82, 2.24) is 0 Å². The van der Waals surface area contributed by atoms with Crippen LogP contribution in [-0.4, -0.2) is 24.6 Å². The first-order valence-corrected chi connectivity index (χ1v) is 7.27. The standard InChI is InChI=1S/C17H17NO6/c1-3-23-16-10-12(8-9-15(16)22-2)17(19)24-11-13-6-4-5-7-14(13)18(20)21/h4-10H,3,11H2,1-2H3. The zero-order valence-corrected chi connectivity index (χ0v) is 13.4. The number of rotatable bonds is 7. The first-order chi connectivity index (χ1) is 11.6. The zero-order chi connectivity index (χ0) is 17.5. The number of carbonyl (C=O) groups excluding carboxylic acids is 1. The summed E-state index contributed by atoms with van der Waals surface area (Å²) in [6.45, 7) is 2.05. The lowest BCUT2D eigenvalue weighted by Gasteiger charge is -2.11. The molecule has 0 heterocycles. The van der Waals surface area contributed by atoms with E-state index in [1.165, 1.54) is 19.2 Å². The van der Waals surface area contributed by atoms with Gasteiger partial charge in [-0.1, -0.05) is 12.1 Å². The van der Waals surface area contributed by atoms with Gasteiger partial charge in [0.1, 0.15) is 6.61 Å². The van der Waals surface area contributed by atoms with Gasteiger partial charge in [0.25, 0.3) is 5.69 Å². The summed E-state index contributed by atoms with van der Waals surface area (Å²) in [6, 6.07) is 10.8. The molecule has 0 aliphatic carbocycles. The van der Waals surface area contributed by atoms with Crippen LogP contribution in [0.2, 0.25) is 0 Å². The first-order valence-electron chi connectivity index (χ1n) is 7.27. The van der Waals surface area contributed by atoms with Crippen molar-refractivity contribution in [3.05, 3.63) is 63.7 Å². The molecule has 2 rings (SSSR count). The van der Waals surface area contributed by atoms with Crippen LogP contribution in [0, 0.1) is 10.1 Å². The highest BCUT2D eigenvalue weighted by molar-refractivity contribution is 5.90. The number of methoxy groups -OCH3 is 1. The van der Waals surface area contributed by atoms with Gasteiger partial charge in [0.15, 0.2) is 11.5 Å². The van der Waals surface area contributed by atoms with E-state index in [2.05, 4.69) is 0 Å². The van der Waals surface area contributed by atoms with Crippen LogP contribution in [0.15, 0.2) is 42.5 Å². The maximum absolute atomic E-state index is 12.2. The van der Waals surface area contributed by atoms with Crippen molar-refractivity contribution in [2.45, 2.75) is 13.5 Å². The molecule has 126 valence electrons. The fraction of sp³-hybridized carbons (Fsp3) is 0.235. The van der Waals surface area contributed by atoms with Crippen molar-refractivity contribution in [3.8, 4) is 11.5 Å². The van der Waals surface area contributed by atoms with Crippen molar-refractivity contribution in [1.29, 1.82) is 0 Å². The van der Waals surface area contributed by atoms with Crippen LogP contribution in [0.5, 0.6) is 11.5 Å². The molecule has 0 saturated carbocycles. The molecule has 2 aromatic carbocycles. The second-order valence-corrected chi connectivity index (χ2v) is 4.76. The average molecular weight is 331 g/mol. The Hall–Kier alpha value is -3.09. The third-order valence-corrected chi connectivity index (χ3v) is 3.25. The van der Waals surface area contributed by atoms with Crippen LogP contribution in [0.1, 0.15) is 22.8 Å². The third kappa shape index (κ3) is 4.01. The van der Waals surface area contributed by atoms with Gasteiger partial charge in [-0.3, -0.25) is 10.1 Å². The normalized spacial score (nSPS) is 10.1. The van der Waals surface area contributed by atoms with Crippen molar-refractivity contribution < 1.29 is 23.9 Å². The minimum absolute atomic E-state index is 0.0879. The van der Waals surface area contributed by atoms with Gasteiger partial charge in [-0.25, -0.2) is 4.79 Å². The fourth-order valence-electron chi connectivity index (χ4n) is 2.11. The van der Waals surface area contributed by atoms with Gasteiger partial charge in [0.05, 0.1) is 29.8 Å². The number of ether oxygens (including phenoxy) is 3. The molecule has 0 spiro atoms. The largest absolute Gasteiger partial charge is 0.493 e. The molecule has 0 N–H and O–H groups in total. The molecule has 0 radical (unpaired) electrons. The first kappa shape index (κ1) is 17.3. The Morgan fingerprint density at radius 1 is 1.17 bits per heavy atom. The SMILES string of the molecule is CCOc1cc(C(=O)OCc2ccccc2[N+](=O)[O-])ccc1OC. The Bertz CT molecular complexity index is 744. The van der Waals surface area contributed by atoms with Crippen molar-refractivity contribution in [3.63, 3.8) is 0 Å². The maximum Gasteiger partial charge on any atom is 0.338 e. The number of nitrogens with zero attached hydrogens (tertiary/aromatic N) is 1. The third-order valence-electron chi connectivity index (χ3n) is 3.25. The summed E-state index contributed by atoms with van der Waals surface area (Å²) in [5, 5.41) is 11.0. The summed E-state index contributed by atoms with van der Waals surface area (Å²) in [4.78, 5) is 22.6. The number of carbonyl (C=O) groups is 1.